The summed E-state index contributed by atoms with van der Waals surface area (Å²) < 4.78 is 10.7. The van der Waals surface area contributed by atoms with Crippen LogP contribution in [0.1, 0.15) is 61.7 Å². The van der Waals surface area contributed by atoms with Crippen molar-refractivity contribution in [1.29, 1.82) is 0 Å². The summed E-state index contributed by atoms with van der Waals surface area (Å²) in [4.78, 5) is 29.1. The molecule has 4 bridgehead atoms. The number of rotatable bonds is 6. The Kier molecular flexibility index (Phi) is 5.35. The predicted molar refractivity (Wildman–Crippen MR) is 117 cm³/mol. The molecule has 1 atom stereocenters. The maximum absolute atomic E-state index is 13.7. The van der Waals surface area contributed by atoms with Crippen LogP contribution in [-0.4, -0.2) is 50.1 Å². The molecule has 1 aromatic carbocycles. The molecule has 1 aromatic rings. The Bertz CT molecular complexity index is 804. The van der Waals surface area contributed by atoms with E-state index in [0.717, 1.165) is 45.2 Å². The molecule has 5 aliphatic rings. The quantitative estimate of drug-likeness (QED) is 0.754. The lowest BCUT2D eigenvalue weighted by Gasteiger charge is -2.59. The zero-order chi connectivity index (χ0) is 21.6. The van der Waals surface area contributed by atoms with Gasteiger partial charge in [-0.25, -0.2) is 0 Å². The van der Waals surface area contributed by atoms with E-state index in [2.05, 4.69) is 5.32 Å². The summed E-state index contributed by atoms with van der Waals surface area (Å²) >= 11 is 0. The molecule has 168 valence electrons. The summed E-state index contributed by atoms with van der Waals surface area (Å²) in [6.45, 7) is 1.62. The van der Waals surface area contributed by atoms with Crippen LogP contribution in [0.4, 0.5) is 0 Å². The first kappa shape index (κ1) is 20.7. The van der Waals surface area contributed by atoms with E-state index in [1.54, 1.807) is 32.4 Å². The number of likely N-dealkylation sites (tertiary alicyclic amines) is 1. The smallest absolute Gasteiger partial charge is 0.252 e. The van der Waals surface area contributed by atoms with Crippen LogP contribution < -0.4 is 14.8 Å². The molecule has 0 radical (unpaired) electrons. The number of hydrogen-bond acceptors (Lipinski definition) is 4. The molecule has 6 nitrogen and oxygen atoms in total. The SMILES string of the molecule is COc1cc(OC)cc(C(=O)N[C@H](C(=O)N2CCCC2)C23CC4CC(CC(C4)C2)C3)c1. The standard InChI is InChI=1S/C25H34N2O4/c1-30-20-10-19(11-21(12-20)31-2)23(28)26-22(24(29)27-5-3-4-6-27)25-13-16-7-17(14-25)9-18(8-16)15-25/h10-12,16-18,22H,3-9,13-15H2,1-2H3,(H,26,28)/t16?,17?,18?,22-,25?/m1/s1. The fourth-order valence-electron chi connectivity index (χ4n) is 7.28. The molecule has 1 aliphatic heterocycles. The molecule has 5 fully saturated rings. The third kappa shape index (κ3) is 3.79. The number of carbonyl (C=O) groups is 2. The summed E-state index contributed by atoms with van der Waals surface area (Å²) in [7, 11) is 3.15. The van der Waals surface area contributed by atoms with Gasteiger partial charge < -0.3 is 19.7 Å². The fourth-order valence-corrected chi connectivity index (χ4v) is 7.28. The lowest BCUT2D eigenvalue weighted by molar-refractivity contribution is -0.143. The molecule has 2 amide bonds. The lowest BCUT2D eigenvalue weighted by atomic mass is 9.47. The van der Waals surface area contributed by atoms with E-state index < -0.39 is 6.04 Å². The van der Waals surface area contributed by atoms with Crippen LogP contribution >= 0.6 is 0 Å². The zero-order valence-electron chi connectivity index (χ0n) is 18.7. The molecule has 0 unspecified atom stereocenters. The minimum atomic E-state index is -0.441. The van der Waals surface area contributed by atoms with Crippen molar-refractivity contribution in [3.8, 4) is 11.5 Å². The van der Waals surface area contributed by atoms with Gasteiger partial charge in [0.25, 0.3) is 5.91 Å². The van der Waals surface area contributed by atoms with Crippen LogP contribution in [0.3, 0.4) is 0 Å². The number of nitrogens with zero attached hydrogens (tertiary/aromatic N) is 1. The van der Waals surface area contributed by atoms with Crippen molar-refractivity contribution in [1.82, 2.24) is 10.2 Å². The second-order valence-electron chi connectivity index (χ2n) is 10.3. The monoisotopic (exact) mass is 426 g/mol. The van der Waals surface area contributed by atoms with E-state index in [1.807, 2.05) is 4.90 Å². The van der Waals surface area contributed by atoms with E-state index in [4.69, 9.17) is 9.47 Å². The molecule has 1 saturated heterocycles. The average molecular weight is 427 g/mol. The minimum absolute atomic E-state index is 0.0902. The van der Waals surface area contributed by atoms with E-state index >= 15 is 0 Å². The van der Waals surface area contributed by atoms with Gasteiger partial charge in [-0.15, -0.1) is 0 Å². The number of ether oxygens (including phenoxy) is 2. The second kappa shape index (κ2) is 8.03. The highest BCUT2D eigenvalue weighted by Crippen LogP contribution is 2.61. The van der Waals surface area contributed by atoms with E-state index in [0.29, 0.717) is 34.8 Å². The molecular formula is C25H34N2O4. The van der Waals surface area contributed by atoms with Crippen molar-refractivity contribution in [3.05, 3.63) is 23.8 Å². The van der Waals surface area contributed by atoms with E-state index in [-0.39, 0.29) is 17.2 Å². The van der Waals surface area contributed by atoms with Gasteiger partial charge in [0.2, 0.25) is 5.91 Å². The zero-order valence-corrected chi connectivity index (χ0v) is 18.7. The highest BCUT2D eigenvalue weighted by atomic mass is 16.5. The summed E-state index contributed by atoms with van der Waals surface area (Å²) in [5.41, 5.74) is 0.382. The molecule has 31 heavy (non-hydrogen) atoms. The van der Waals surface area contributed by atoms with E-state index in [1.165, 1.54) is 19.3 Å². The van der Waals surface area contributed by atoms with Crippen LogP contribution in [0.5, 0.6) is 11.5 Å². The van der Waals surface area contributed by atoms with Crippen LogP contribution in [0, 0.1) is 23.2 Å². The third-order valence-corrected chi connectivity index (χ3v) is 8.25. The number of hydrogen-bond donors (Lipinski definition) is 1. The number of nitrogens with one attached hydrogen (secondary N) is 1. The molecule has 0 aromatic heterocycles. The van der Waals surface area contributed by atoms with Gasteiger partial charge in [-0.2, -0.15) is 0 Å². The highest BCUT2D eigenvalue weighted by Gasteiger charge is 2.57. The van der Waals surface area contributed by atoms with Crippen molar-refractivity contribution in [2.24, 2.45) is 23.2 Å². The van der Waals surface area contributed by atoms with Gasteiger partial charge in [-0.05, 0) is 81.3 Å². The largest absolute Gasteiger partial charge is 0.497 e. The fraction of sp³-hybridized carbons (Fsp3) is 0.680. The van der Waals surface area contributed by atoms with Crippen LogP contribution in [0.25, 0.3) is 0 Å². The van der Waals surface area contributed by atoms with Gasteiger partial charge in [0.15, 0.2) is 0 Å². The van der Waals surface area contributed by atoms with E-state index in [9.17, 15) is 9.59 Å². The molecule has 1 heterocycles. The first-order valence-electron chi connectivity index (χ1n) is 11.8. The molecule has 4 aliphatic carbocycles. The van der Waals surface area contributed by atoms with Gasteiger partial charge in [-0.1, -0.05) is 0 Å². The molecular weight excluding hydrogens is 392 g/mol. The topological polar surface area (TPSA) is 67.9 Å². The summed E-state index contributed by atoms with van der Waals surface area (Å²) in [5.74, 6) is 3.20. The Morgan fingerprint density at radius 3 is 1.94 bits per heavy atom. The lowest BCUT2D eigenvalue weighted by Crippen LogP contribution is -2.62. The number of carbonyl (C=O) groups excluding carboxylic acids is 2. The van der Waals surface area contributed by atoms with Crippen molar-refractivity contribution < 1.29 is 19.1 Å². The van der Waals surface area contributed by atoms with Gasteiger partial charge in [0.05, 0.1) is 14.2 Å². The molecule has 1 N–H and O–H groups in total. The van der Waals surface area contributed by atoms with Crippen molar-refractivity contribution >= 4 is 11.8 Å². The number of amides is 2. The average Bonchev–Trinajstić information content (AvgIpc) is 3.30. The molecule has 6 heteroatoms. The van der Waals surface area contributed by atoms with Crippen LogP contribution in [-0.2, 0) is 4.79 Å². The summed E-state index contributed by atoms with van der Waals surface area (Å²) in [5, 5.41) is 3.23. The van der Waals surface area contributed by atoms with Gasteiger partial charge in [0, 0.05) is 30.1 Å². The summed E-state index contributed by atoms with van der Waals surface area (Å²) in [6, 6.07) is 4.75. The van der Waals surface area contributed by atoms with Crippen molar-refractivity contribution in [2.45, 2.75) is 57.4 Å². The Balaban J connectivity index is 1.45. The minimum Gasteiger partial charge on any atom is -0.497 e. The van der Waals surface area contributed by atoms with Crippen molar-refractivity contribution in [3.63, 3.8) is 0 Å². The van der Waals surface area contributed by atoms with Crippen molar-refractivity contribution in [2.75, 3.05) is 27.3 Å². The first-order valence-corrected chi connectivity index (χ1v) is 11.8. The maximum Gasteiger partial charge on any atom is 0.252 e. The molecule has 4 saturated carbocycles. The van der Waals surface area contributed by atoms with Crippen LogP contribution in [0.15, 0.2) is 18.2 Å². The van der Waals surface area contributed by atoms with Gasteiger partial charge in [0.1, 0.15) is 17.5 Å². The Labute approximate surface area is 184 Å². The first-order chi connectivity index (χ1) is 15.0. The van der Waals surface area contributed by atoms with Crippen LogP contribution in [0.2, 0.25) is 0 Å². The second-order valence-corrected chi connectivity index (χ2v) is 10.3. The Morgan fingerprint density at radius 2 is 1.45 bits per heavy atom. The number of methoxy groups -OCH3 is 2. The van der Waals surface area contributed by atoms with Gasteiger partial charge in [-0.3, -0.25) is 9.59 Å². The highest BCUT2D eigenvalue weighted by molar-refractivity contribution is 5.98. The Hall–Kier alpha value is -2.24. The molecule has 0 spiro atoms. The maximum atomic E-state index is 13.7. The predicted octanol–water partition coefficient (Wildman–Crippen LogP) is 3.64. The summed E-state index contributed by atoms with van der Waals surface area (Å²) in [6.07, 6.45) is 9.27. The normalized spacial score (nSPS) is 32.1. The third-order valence-electron chi connectivity index (χ3n) is 8.25. The Morgan fingerprint density at radius 1 is 0.935 bits per heavy atom. The number of benzene rings is 1. The van der Waals surface area contributed by atoms with Gasteiger partial charge >= 0.3 is 0 Å². The molecule has 6 rings (SSSR count).